The van der Waals surface area contributed by atoms with Gasteiger partial charge in [-0.3, -0.25) is 0 Å². The average Bonchev–Trinajstić information content (AvgIpc) is 3.08. The van der Waals surface area contributed by atoms with Crippen LogP contribution in [0.4, 0.5) is 0 Å². The number of thioether (sulfide) groups is 1. The molecule has 27 heavy (non-hydrogen) atoms. The lowest BCUT2D eigenvalue weighted by Crippen LogP contribution is -2.21. The maximum Gasteiger partial charge on any atom is 0.130 e. The van der Waals surface area contributed by atoms with E-state index in [1.165, 1.54) is 11.1 Å². The van der Waals surface area contributed by atoms with Gasteiger partial charge in [0.15, 0.2) is 0 Å². The van der Waals surface area contributed by atoms with E-state index in [1.54, 1.807) is 11.8 Å². The third-order valence-corrected chi connectivity index (χ3v) is 5.74. The summed E-state index contributed by atoms with van der Waals surface area (Å²) in [5, 5.41) is 0. The summed E-state index contributed by atoms with van der Waals surface area (Å²) in [4.78, 5) is 0. The van der Waals surface area contributed by atoms with E-state index in [9.17, 15) is 0 Å². The fraction of sp³-hybridized carbons (Fsp3) is 0.391. The quantitative estimate of drug-likeness (QED) is 0.525. The highest BCUT2D eigenvalue weighted by atomic mass is 32.2. The van der Waals surface area contributed by atoms with Crippen molar-refractivity contribution in [3.63, 3.8) is 0 Å². The van der Waals surface area contributed by atoms with Crippen LogP contribution >= 0.6 is 11.8 Å². The molecule has 3 atom stereocenters. The number of hydrogen-bond acceptors (Lipinski definition) is 4. The summed E-state index contributed by atoms with van der Waals surface area (Å²) in [5.74, 6) is 0.882. The Morgan fingerprint density at radius 2 is 1.67 bits per heavy atom. The first-order valence-electron chi connectivity index (χ1n) is 9.39. The molecule has 1 saturated heterocycles. The molecule has 1 aliphatic heterocycles. The standard InChI is InChI=1S/C23H28O3S/c1-18(2)17-27-23-22(25-15-20-11-7-4-8-12-20)13-21(26-23)16-24-14-19-9-5-3-6-10-19/h3-12,21-23H,1,13-17H2,2H3. The van der Waals surface area contributed by atoms with Crippen LogP contribution in [0.15, 0.2) is 72.8 Å². The van der Waals surface area contributed by atoms with Gasteiger partial charge in [0.2, 0.25) is 0 Å². The van der Waals surface area contributed by atoms with Crippen molar-refractivity contribution >= 4 is 11.8 Å². The van der Waals surface area contributed by atoms with Gasteiger partial charge >= 0.3 is 0 Å². The Hall–Kier alpha value is -1.59. The molecule has 0 radical (unpaired) electrons. The molecule has 3 unspecified atom stereocenters. The van der Waals surface area contributed by atoms with Crippen LogP contribution in [0.1, 0.15) is 24.5 Å². The Kier molecular flexibility index (Phi) is 7.96. The van der Waals surface area contributed by atoms with Crippen LogP contribution in [0.3, 0.4) is 0 Å². The van der Waals surface area contributed by atoms with Gasteiger partial charge in [-0.1, -0.05) is 72.8 Å². The zero-order valence-corrected chi connectivity index (χ0v) is 16.7. The molecule has 4 heteroatoms. The average molecular weight is 385 g/mol. The van der Waals surface area contributed by atoms with E-state index >= 15 is 0 Å². The molecule has 0 amide bonds. The van der Waals surface area contributed by atoms with E-state index in [0.29, 0.717) is 19.8 Å². The van der Waals surface area contributed by atoms with Crippen molar-refractivity contribution in [1.82, 2.24) is 0 Å². The molecule has 1 aliphatic rings. The van der Waals surface area contributed by atoms with E-state index in [0.717, 1.165) is 17.7 Å². The molecule has 0 saturated carbocycles. The third kappa shape index (κ3) is 6.82. The van der Waals surface area contributed by atoms with Crippen LogP contribution in [0.5, 0.6) is 0 Å². The highest BCUT2D eigenvalue weighted by molar-refractivity contribution is 8.00. The van der Waals surface area contributed by atoms with Gasteiger partial charge in [0.25, 0.3) is 0 Å². The molecule has 3 nitrogen and oxygen atoms in total. The Morgan fingerprint density at radius 3 is 2.30 bits per heavy atom. The van der Waals surface area contributed by atoms with Gasteiger partial charge < -0.3 is 14.2 Å². The molecular weight excluding hydrogens is 356 g/mol. The zero-order chi connectivity index (χ0) is 18.9. The van der Waals surface area contributed by atoms with Crippen molar-refractivity contribution in [2.45, 2.75) is 44.2 Å². The second-order valence-corrected chi connectivity index (χ2v) is 8.05. The molecule has 1 heterocycles. The first-order valence-corrected chi connectivity index (χ1v) is 10.4. The van der Waals surface area contributed by atoms with Crippen LogP contribution in [0.2, 0.25) is 0 Å². The van der Waals surface area contributed by atoms with Gasteiger partial charge in [0.1, 0.15) is 5.44 Å². The maximum absolute atomic E-state index is 6.22. The summed E-state index contributed by atoms with van der Waals surface area (Å²) in [6, 6.07) is 20.5. The van der Waals surface area contributed by atoms with Crippen molar-refractivity contribution in [3.8, 4) is 0 Å². The van der Waals surface area contributed by atoms with Gasteiger partial charge in [-0.25, -0.2) is 0 Å². The minimum Gasteiger partial charge on any atom is -0.374 e. The molecule has 0 spiro atoms. The van der Waals surface area contributed by atoms with Gasteiger partial charge in [0, 0.05) is 12.2 Å². The first-order chi connectivity index (χ1) is 13.2. The van der Waals surface area contributed by atoms with Crippen molar-refractivity contribution in [3.05, 3.63) is 83.9 Å². The number of hydrogen-bond donors (Lipinski definition) is 0. The van der Waals surface area contributed by atoms with Gasteiger partial charge in [0.05, 0.1) is 32.0 Å². The third-order valence-electron chi connectivity index (χ3n) is 4.34. The SMILES string of the molecule is C=C(C)CSC1OC(COCc2ccccc2)CC1OCc1ccccc1. The molecule has 3 rings (SSSR count). The first kappa shape index (κ1) is 20.2. The van der Waals surface area contributed by atoms with E-state index in [4.69, 9.17) is 14.2 Å². The van der Waals surface area contributed by atoms with Crippen molar-refractivity contribution in [2.75, 3.05) is 12.4 Å². The summed E-state index contributed by atoms with van der Waals surface area (Å²) in [7, 11) is 0. The van der Waals surface area contributed by atoms with Gasteiger partial charge in [-0.2, -0.15) is 0 Å². The van der Waals surface area contributed by atoms with Crippen molar-refractivity contribution < 1.29 is 14.2 Å². The summed E-state index contributed by atoms with van der Waals surface area (Å²) in [5.41, 5.74) is 3.54. The highest BCUT2D eigenvalue weighted by Gasteiger charge is 2.36. The van der Waals surface area contributed by atoms with Crippen LogP contribution in [0.25, 0.3) is 0 Å². The van der Waals surface area contributed by atoms with E-state index in [-0.39, 0.29) is 17.6 Å². The van der Waals surface area contributed by atoms with Crippen LogP contribution in [0, 0.1) is 0 Å². The molecule has 0 aliphatic carbocycles. The fourth-order valence-corrected chi connectivity index (χ4v) is 4.08. The lowest BCUT2D eigenvalue weighted by Gasteiger charge is -2.19. The lowest BCUT2D eigenvalue weighted by atomic mass is 10.2. The molecule has 2 aromatic carbocycles. The fourth-order valence-electron chi connectivity index (χ4n) is 2.99. The van der Waals surface area contributed by atoms with E-state index < -0.39 is 0 Å². The summed E-state index contributed by atoms with van der Waals surface area (Å²) < 4.78 is 18.3. The topological polar surface area (TPSA) is 27.7 Å². The molecule has 144 valence electrons. The molecule has 0 aromatic heterocycles. The van der Waals surface area contributed by atoms with Crippen molar-refractivity contribution in [2.24, 2.45) is 0 Å². The smallest absolute Gasteiger partial charge is 0.130 e. The van der Waals surface area contributed by atoms with Gasteiger partial charge in [-0.05, 0) is 18.1 Å². The largest absolute Gasteiger partial charge is 0.374 e. The Bertz CT molecular complexity index is 689. The molecule has 2 aromatic rings. The van der Waals surface area contributed by atoms with Crippen LogP contribution < -0.4 is 0 Å². The molecule has 1 fully saturated rings. The molecule has 0 bridgehead atoms. The monoisotopic (exact) mass is 384 g/mol. The second kappa shape index (κ2) is 10.7. The summed E-state index contributed by atoms with van der Waals surface area (Å²) >= 11 is 1.77. The predicted molar refractivity (Wildman–Crippen MR) is 112 cm³/mol. The molecule has 0 N–H and O–H groups in total. The van der Waals surface area contributed by atoms with E-state index in [1.807, 2.05) is 43.3 Å². The van der Waals surface area contributed by atoms with Crippen molar-refractivity contribution in [1.29, 1.82) is 0 Å². The highest BCUT2D eigenvalue weighted by Crippen LogP contribution is 2.32. The Balaban J connectivity index is 1.49. The maximum atomic E-state index is 6.22. The van der Waals surface area contributed by atoms with E-state index in [2.05, 4.69) is 30.8 Å². The molecular formula is C23H28O3S. The zero-order valence-electron chi connectivity index (χ0n) is 15.9. The van der Waals surface area contributed by atoms with Gasteiger partial charge in [-0.15, -0.1) is 11.8 Å². The second-order valence-electron chi connectivity index (χ2n) is 6.97. The minimum atomic E-state index is 0.0238. The van der Waals surface area contributed by atoms with Crippen LogP contribution in [-0.4, -0.2) is 30.0 Å². The summed E-state index contributed by atoms with van der Waals surface area (Å²) in [6.07, 6.45) is 0.993. The van der Waals surface area contributed by atoms with Crippen LogP contribution in [-0.2, 0) is 27.4 Å². The number of benzene rings is 2. The number of ether oxygens (including phenoxy) is 3. The Morgan fingerprint density at radius 1 is 1.04 bits per heavy atom. The number of rotatable bonds is 10. The normalized spacial score (nSPS) is 22.0. The Labute approximate surface area is 166 Å². The minimum absolute atomic E-state index is 0.0238. The lowest BCUT2D eigenvalue weighted by molar-refractivity contribution is -0.0112. The summed E-state index contributed by atoms with van der Waals surface area (Å²) in [6.45, 7) is 7.85. The predicted octanol–water partition coefficient (Wildman–Crippen LogP) is 5.21.